The summed E-state index contributed by atoms with van der Waals surface area (Å²) in [5.74, 6) is 0.631. The monoisotopic (exact) mass is 587 g/mol. The number of piperidine rings is 1. The average molecular weight is 588 g/mol. The van der Waals surface area contributed by atoms with Crippen molar-refractivity contribution in [1.82, 2.24) is 24.2 Å². The Labute approximate surface area is 230 Å². The number of likely N-dealkylation sites (tertiary alicyclic amines) is 1. The number of anilines is 3. The molecule has 0 spiro atoms. The Morgan fingerprint density at radius 1 is 1.12 bits per heavy atom. The van der Waals surface area contributed by atoms with Crippen LogP contribution in [0.5, 0.6) is 5.88 Å². The lowest BCUT2D eigenvalue weighted by molar-refractivity contribution is -0.141. The van der Waals surface area contributed by atoms with Crippen molar-refractivity contribution in [2.75, 3.05) is 36.9 Å². The molecule has 0 aromatic carbocycles. The summed E-state index contributed by atoms with van der Waals surface area (Å²) in [6.45, 7) is 7.39. The molecule has 0 bridgehead atoms. The maximum absolute atomic E-state index is 12.8. The number of nitrogens with one attached hydrogen (secondary N) is 2. The summed E-state index contributed by atoms with van der Waals surface area (Å²) in [6, 6.07) is 3.42. The number of ether oxygens (including phenoxy) is 1. The first-order chi connectivity index (χ1) is 18.9. The molecule has 4 heterocycles. The van der Waals surface area contributed by atoms with Gasteiger partial charge in [-0.2, -0.15) is 30.7 Å². The lowest BCUT2D eigenvalue weighted by atomic mass is 9.99. The molecular formula is C25H27F6N7OS. The smallest absolute Gasteiger partial charge is 0.434 e. The third-order valence-electron chi connectivity index (χ3n) is 6.16. The van der Waals surface area contributed by atoms with E-state index in [1.165, 1.54) is 0 Å². The topological polar surface area (TPSA) is 88.1 Å². The van der Waals surface area contributed by atoms with Crippen molar-refractivity contribution < 1.29 is 31.1 Å². The van der Waals surface area contributed by atoms with Gasteiger partial charge in [0.25, 0.3) is 0 Å². The molecule has 0 amide bonds. The number of halogens is 6. The highest BCUT2D eigenvalue weighted by molar-refractivity contribution is 7.10. The standard InChI is InChI=1S/C25H27F6N7OS/c1-15(22-16(2)37-40-23(22)36-20-12-32-19(11-33-20)25(29,30)31)35-18-5-6-21(34-10-18)39-14-17-4-3-8-38(13-17)9-7-24(26,27)28/h5-6,10-12,17,35H,1,3-4,7-9,13-14H2,2H3,(H,33,36)/t17-/m1/s1. The maximum atomic E-state index is 12.8. The molecular weight excluding hydrogens is 560 g/mol. The molecule has 1 aliphatic rings. The molecule has 8 nitrogen and oxygen atoms in total. The minimum absolute atomic E-state index is 0.00337. The summed E-state index contributed by atoms with van der Waals surface area (Å²) in [4.78, 5) is 13.3. The van der Waals surface area contributed by atoms with Gasteiger partial charge in [0, 0.05) is 30.8 Å². The molecule has 4 rings (SSSR count). The molecule has 216 valence electrons. The molecule has 3 aromatic rings. The lowest BCUT2D eigenvalue weighted by Gasteiger charge is -2.32. The van der Waals surface area contributed by atoms with E-state index in [4.69, 9.17) is 4.74 Å². The summed E-state index contributed by atoms with van der Waals surface area (Å²) in [5, 5.41) is 6.59. The highest BCUT2D eigenvalue weighted by Crippen LogP contribution is 2.34. The van der Waals surface area contributed by atoms with E-state index in [1.807, 2.05) is 4.90 Å². The second kappa shape index (κ2) is 12.4. The second-order valence-corrected chi connectivity index (χ2v) is 10.1. The van der Waals surface area contributed by atoms with E-state index in [2.05, 4.69) is 36.5 Å². The van der Waals surface area contributed by atoms with Crippen molar-refractivity contribution in [2.24, 2.45) is 5.92 Å². The van der Waals surface area contributed by atoms with Crippen molar-refractivity contribution in [1.29, 1.82) is 0 Å². The van der Waals surface area contributed by atoms with Crippen molar-refractivity contribution in [3.8, 4) is 5.88 Å². The van der Waals surface area contributed by atoms with E-state index in [9.17, 15) is 26.3 Å². The lowest BCUT2D eigenvalue weighted by Crippen LogP contribution is -2.39. The zero-order valence-corrected chi connectivity index (χ0v) is 22.3. The van der Waals surface area contributed by atoms with Crippen LogP contribution in [0.3, 0.4) is 0 Å². The zero-order chi connectivity index (χ0) is 28.9. The molecule has 1 saturated heterocycles. The zero-order valence-electron chi connectivity index (χ0n) is 21.4. The van der Waals surface area contributed by atoms with Gasteiger partial charge in [0.15, 0.2) is 5.69 Å². The molecule has 1 atom stereocenters. The molecule has 15 heteroatoms. The number of hydrogen-bond acceptors (Lipinski definition) is 9. The van der Waals surface area contributed by atoms with Gasteiger partial charge in [-0.15, -0.1) is 0 Å². The van der Waals surface area contributed by atoms with E-state index in [1.54, 1.807) is 25.3 Å². The molecule has 2 N–H and O–H groups in total. The first kappa shape index (κ1) is 29.5. The van der Waals surface area contributed by atoms with E-state index in [-0.39, 0.29) is 18.3 Å². The van der Waals surface area contributed by atoms with Crippen LogP contribution in [-0.4, -0.2) is 56.6 Å². The number of aromatic nitrogens is 4. The summed E-state index contributed by atoms with van der Waals surface area (Å²) in [7, 11) is 0. The Balaban J connectivity index is 1.30. The van der Waals surface area contributed by atoms with Crippen molar-refractivity contribution >= 4 is 33.7 Å². The van der Waals surface area contributed by atoms with Gasteiger partial charge in [0.05, 0.1) is 48.6 Å². The highest BCUT2D eigenvalue weighted by Gasteiger charge is 2.33. The molecule has 1 fully saturated rings. The van der Waals surface area contributed by atoms with E-state index < -0.39 is 24.5 Å². The Morgan fingerprint density at radius 2 is 1.93 bits per heavy atom. The highest BCUT2D eigenvalue weighted by atomic mass is 32.1. The fourth-order valence-corrected chi connectivity index (χ4v) is 5.05. The van der Waals surface area contributed by atoms with Crippen molar-refractivity contribution in [3.63, 3.8) is 0 Å². The minimum atomic E-state index is -4.58. The molecule has 3 aromatic heterocycles. The normalized spacial score (nSPS) is 16.5. The third-order valence-corrected chi connectivity index (χ3v) is 7.02. The Bertz CT molecular complexity index is 1280. The van der Waals surface area contributed by atoms with Crippen LogP contribution in [0.2, 0.25) is 0 Å². The Kier molecular flexibility index (Phi) is 9.13. The predicted octanol–water partition coefficient (Wildman–Crippen LogP) is 6.52. The van der Waals surface area contributed by atoms with Crippen LogP contribution < -0.4 is 15.4 Å². The number of pyridine rings is 1. The number of hydrogen-bond donors (Lipinski definition) is 2. The number of rotatable bonds is 10. The summed E-state index contributed by atoms with van der Waals surface area (Å²) in [5.41, 5.74) is 1.27. The molecule has 0 radical (unpaired) electrons. The fraction of sp³-hybridized carbons (Fsp3) is 0.440. The van der Waals surface area contributed by atoms with E-state index >= 15 is 0 Å². The average Bonchev–Trinajstić information content (AvgIpc) is 3.26. The maximum Gasteiger partial charge on any atom is 0.434 e. The number of nitrogens with zero attached hydrogens (tertiary/aromatic N) is 5. The van der Waals surface area contributed by atoms with Gasteiger partial charge in [-0.1, -0.05) is 6.58 Å². The molecule has 40 heavy (non-hydrogen) atoms. The van der Waals surface area contributed by atoms with Gasteiger partial charge in [0.1, 0.15) is 10.8 Å². The Hall–Kier alpha value is -3.46. The number of alkyl halides is 6. The SMILES string of the molecule is C=C(Nc1ccc(OC[C@@H]2CCCN(CCC(F)(F)F)C2)nc1)c1c(C)nsc1Nc1cnc(C(F)(F)F)cn1. The van der Waals surface area contributed by atoms with E-state index in [0.29, 0.717) is 59.4 Å². The molecule has 1 aliphatic heterocycles. The van der Waals surface area contributed by atoms with Gasteiger partial charge in [0.2, 0.25) is 5.88 Å². The molecule has 0 saturated carbocycles. The third kappa shape index (κ3) is 8.27. The van der Waals surface area contributed by atoms with Gasteiger partial charge in [-0.25, -0.2) is 15.0 Å². The van der Waals surface area contributed by atoms with Crippen LogP contribution in [0.15, 0.2) is 37.3 Å². The van der Waals surface area contributed by atoms with Crippen LogP contribution in [0.1, 0.15) is 36.2 Å². The quantitative estimate of drug-likeness (QED) is 0.259. The molecule has 0 aliphatic carbocycles. The predicted molar refractivity (Wildman–Crippen MR) is 139 cm³/mol. The summed E-state index contributed by atoms with van der Waals surface area (Å²) < 4.78 is 85.9. The van der Waals surface area contributed by atoms with E-state index in [0.717, 1.165) is 30.6 Å². The van der Waals surface area contributed by atoms with Crippen LogP contribution in [-0.2, 0) is 6.18 Å². The minimum Gasteiger partial charge on any atom is -0.477 e. The first-order valence-electron chi connectivity index (χ1n) is 12.3. The first-order valence-corrected chi connectivity index (χ1v) is 13.1. The van der Waals surface area contributed by atoms with Crippen molar-refractivity contribution in [2.45, 2.75) is 38.5 Å². The second-order valence-electron chi connectivity index (χ2n) is 9.36. The summed E-state index contributed by atoms with van der Waals surface area (Å²) >= 11 is 1.10. The summed E-state index contributed by atoms with van der Waals surface area (Å²) in [6.07, 6.45) is -4.66. The Morgan fingerprint density at radius 3 is 2.58 bits per heavy atom. The van der Waals surface area contributed by atoms with Gasteiger partial charge in [-0.05, 0) is 43.9 Å². The van der Waals surface area contributed by atoms with Gasteiger partial charge >= 0.3 is 12.4 Å². The van der Waals surface area contributed by atoms with Crippen LogP contribution >= 0.6 is 11.5 Å². The van der Waals surface area contributed by atoms with Gasteiger partial charge in [-0.3, -0.25) is 0 Å². The van der Waals surface area contributed by atoms with Crippen LogP contribution in [0.25, 0.3) is 5.70 Å². The van der Waals surface area contributed by atoms with Gasteiger partial charge < -0.3 is 20.3 Å². The van der Waals surface area contributed by atoms with Crippen LogP contribution in [0, 0.1) is 12.8 Å². The number of aryl methyl sites for hydroxylation is 1. The van der Waals surface area contributed by atoms with Crippen molar-refractivity contribution in [3.05, 3.63) is 54.3 Å². The largest absolute Gasteiger partial charge is 0.477 e. The fourth-order valence-electron chi connectivity index (χ4n) is 4.22. The van der Waals surface area contributed by atoms with Crippen LogP contribution in [0.4, 0.5) is 42.8 Å². The molecule has 0 unspecified atom stereocenters.